The standard InChI is InChI=1S/C7H13NO4/c9-2-4-12-6-5-11-3-1-8-7-10/h9H,1-6H2. The smallest absolute Gasteiger partial charge is 0.235 e. The second-order valence-corrected chi connectivity index (χ2v) is 1.92. The lowest BCUT2D eigenvalue weighted by Crippen LogP contribution is -2.08. The van der Waals surface area contributed by atoms with Gasteiger partial charge in [-0.25, -0.2) is 9.79 Å². The van der Waals surface area contributed by atoms with Crippen LogP contribution in [0.5, 0.6) is 0 Å². The van der Waals surface area contributed by atoms with Crippen molar-refractivity contribution < 1.29 is 19.4 Å². The molecule has 0 bridgehead atoms. The third-order valence-corrected chi connectivity index (χ3v) is 1.02. The fourth-order valence-electron chi connectivity index (χ4n) is 0.542. The fourth-order valence-corrected chi connectivity index (χ4v) is 0.542. The summed E-state index contributed by atoms with van der Waals surface area (Å²) in [7, 11) is 0. The van der Waals surface area contributed by atoms with Gasteiger partial charge in [-0.2, -0.15) is 0 Å². The number of aliphatic hydroxyl groups is 1. The lowest BCUT2D eigenvalue weighted by atomic mass is 10.7. The summed E-state index contributed by atoms with van der Waals surface area (Å²) in [5.41, 5.74) is 0. The van der Waals surface area contributed by atoms with E-state index in [2.05, 4.69) is 4.99 Å². The van der Waals surface area contributed by atoms with Crippen LogP contribution in [0.1, 0.15) is 0 Å². The van der Waals surface area contributed by atoms with E-state index in [0.29, 0.717) is 33.0 Å². The Morgan fingerprint density at radius 2 is 1.83 bits per heavy atom. The van der Waals surface area contributed by atoms with E-state index in [1.165, 1.54) is 6.08 Å². The van der Waals surface area contributed by atoms with Gasteiger partial charge < -0.3 is 14.6 Å². The van der Waals surface area contributed by atoms with E-state index in [9.17, 15) is 4.79 Å². The highest BCUT2D eigenvalue weighted by Gasteiger charge is 1.87. The van der Waals surface area contributed by atoms with E-state index in [1.807, 2.05) is 0 Å². The molecule has 70 valence electrons. The molecule has 0 aliphatic rings. The molecule has 0 spiro atoms. The second-order valence-electron chi connectivity index (χ2n) is 1.92. The molecule has 0 aromatic carbocycles. The Kier molecular flexibility index (Phi) is 9.63. The predicted molar refractivity (Wildman–Crippen MR) is 41.7 cm³/mol. The average molecular weight is 175 g/mol. The molecule has 0 aliphatic heterocycles. The molecule has 0 saturated heterocycles. The Bertz CT molecular complexity index is 133. The third kappa shape index (κ3) is 9.26. The Labute approximate surface area is 71.0 Å². The van der Waals surface area contributed by atoms with Crippen molar-refractivity contribution in [2.45, 2.75) is 0 Å². The molecular formula is C7H13NO4. The fraction of sp³-hybridized carbons (Fsp3) is 0.857. The number of aliphatic hydroxyl groups excluding tert-OH is 1. The molecule has 1 N–H and O–H groups in total. The van der Waals surface area contributed by atoms with E-state index in [0.717, 1.165) is 0 Å². The van der Waals surface area contributed by atoms with Crippen LogP contribution in [0.15, 0.2) is 4.99 Å². The Morgan fingerprint density at radius 3 is 2.42 bits per heavy atom. The Balaban J connectivity index is 2.86. The zero-order chi connectivity index (χ0) is 9.07. The maximum Gasteiger partial charge on any atom is 0.235 e. The summed E-state index contributed by atoms with van der Waals surface area (Å²) in [6, 6.07) is 0. The van der Waals surface area contributed by atoms with Crippen molar-refractivity contribution in [2.24, 2.45) is 4.99 Å². The minimum Gasteiger partial charge on any atom is -0.394 e. The first kappa shape index (κ1) is 11.3. The molecule has 5 nitrogen and oxygen atoms in total. The van der Waals surface area contributed by atoms with E-state index in [-0.39, 0.29) is 6.61 Å². The van der Waals surface area contributed by atoms with E-state index in [4.69, 9.17) is 14.6 Å². The summed E-state index contributed by atoms with van der Waals surface area (Å²) in [4.78, 5) is 12.9. The number of rotatable bonds is 8. The predicted octanol–water partition coefficient (Wildman–Crippen LogP) is -0.652. The van der Waals surface area contributed by atoms with Crippen LogP contribution in [0.2, 0.25) is 0 Å². The van der Waals surface area contributed by atoms with Crippen LogP contribution >= 0.6 is 0 Å². The van der Waals surface area contributed by atoms with Crippen molar-refractivity contribution in [3.8, 4) is 0 Å². The van der Waals surface area contributed by atoms with Crippen molar-refractivity contribution in [1.29, 1.82) is 0 Å². The van der Waals surface area contributed by atoms with Gasteiger partial charge in [-0.15, -0.1) is 0 Å². The highest BCUT2D eigenvalue weighted by atomic mass is 16.5. The van der Waals surface area contributed by atoms with Gasteiger partial charge in [-0.1, -0.05) is 0 Å². The summed E-state index contributed by atoms with van der Waals surface area (Å²) < 4.78 is 9.91. The van der Waals surface area contributed by atoms with Crippen LogP contribution in [-0.2, 0) is 14.3 Å². The van der Waals surface area contributed by atoms with Crippen LogP contribution in [-0.4, -0.2) is 50.8 Å². The van der Waals surface area contributed by atoms with Crippen LogP contribution < -0.4 is 0 Å². The first-order valence-corrected chi connectivity index (χ1v) is 3.71. The number of hydrogen-bond acceptors (Lipinski definition) is 5. The molecule has 0 atom stereocenters. The molecule has 12 heavy (non-hydrogen) atoms. The summed E-state index contributed by atoms with van der Waals surface area (Å²) >= 11 is 0. The highest BCUT2D eigenvalue weighted by Crippen LogP contribution is 1.78. The quantitative estimate of drug-likeness (QED) is 0.302. The number of isocyanates is 1. The Hall–Kier alpha value is -0.740. The van der Waals surface area contributed by atoms with Gasteiger partial charge in [0.2, 0.25) is 6.08 Å². The summed E-state index contributed by atoms with van der Waals surface area (Å²) in [5, 5.41) is 8.32. The largest absolute Gasteiger partial charge is 0.394 e. The number of aliphatic imine (C=N–C) groups is 1. The number of hydrogen-bond donors (Lipinski definition) is 1. The number of carbonyl (C=O) groups excluding carboxylic acids is 1. The Morgan fingerprint density at radius 1 is 1.17 bits per heavy atom. The van der Waals surface area contributed by atoms with E-state index >= 15 is 0 Å². The molecule has 0 saturated carbocycles. The van der Waals surface area contributed by atoms with Crippen LogP contribution in [0, 0.1) is 0 Å². The van der Waals surface area contributed by atoms with Gasteiger partial charge in [0.1, 0.15) is 0 Å². The SMILES string of the molecule is O=C=NCCOCCOCCO. The molecule has 5 heteroatoms. The van der Waals surface area contributed by atoms with Crippen molar-refractivity contribution in [3.05, 3.63) is 0 Å². The second kappa shape index (κ2) is 10.3. The lowest BCUT2D eigenvalue weighted by molar-refractivity contribution is 0.0355. The van der Waals surface area contributed by atoms with Gasteiger partial charge in [0.05, 0.1) is 39.6 Å². The van der Waals surface area contributed by atoms with Gasteiger partial charge >= 0.3 is 0 Å². The maximum atomic E-state index is 9.58. The van der Waals surface area contributed by atoms with Gasteiger partial charge in [-0.3, -0.25) is 0 Å². The topological polar surface area (TPSA) is 68.1 Å². The minimum atomic E-state index is 0.0232. The van der Waals surface area contributed by atoms with Crippen LogP contribution in [0.4, 0.5) is 0 Å². The van der Waals surface area contributed by atoms with Crippen molar-refractivity contribution in [1.82, 2.24) is 0 Å². The summed E-state index contributed by atoms with van der Waals surface area (Å²) in [6.45, 7) is 1.99. The molecule has 0 rings (SSSR count). The molecule has 0 aromatic rings. The molecular weight excluding hydrogens is 162 g/mol. The first-order valence-electron chi connectivity index (χ1n) is 3.71. The first-order chi connectivity index (χ1) is 5.91. The summed E-state index contributed by atoms with van der Waals surface area (Å²) in [5.74, 6) is 0. The molecule has 0 radical (unpaired) electrons. The molecule has 0 aromatic heterocycles. The zero-order valence-electron chi connectivity index (χ0n) is 6.86. The normalized spacial score (nSPS) is 9.42. The van der Waals surface area contributed by atoms with Gasteiger partial charge in [0, 0.05) is 0 Å². The molecule has 0 amide bonds. The maximum absolute atomic E-state index is 9.58. The number of nitrogens with zero attached hydrogens (tertiary/aromatic N) is 1. The molecule has 0 heterocycles. The lowest BCUT2D eigenvalue weighted by Gasteiger charge is -2.01. The van der Waals surface area contributed by atoms with E-state index < -0.39 is 0 Å². The minimum absolute atomic E-state index is 0.0232. The molecule has 0 fully saturated rings. The monoisotopic (exact) mass is 175 g/mol. The van der Waals surface area contributed by atoms with E-state index in [1.54, 1.807) is 0 Å². The van der Waals surface area contributed by atoms with Crippen molar-refractivity contribution >= 4 is 6.08 Å². The van der Waals surface area contributed by atoms with Crippen molar-refractivity contribution in [3.63, 3.8) is 0 Å². The third-order valence-electron chi connectivity index (χ3n) is 1.02. The van der Waals surface area contributed by atoms with Crippen molar-refractivity contribution in [2.75, 3.05) is 39.6 Å². The molecule has 0 aliphatic carbocycles. The van der Waals surface area contributed by atoms with Crippen LogP contribution in [0.3, 0.4) is 0 Å². The van der Waals surface area contributed by atoms with Gasteiger partial charge in [-0.05, 0) is 0 Å². The summed E-state index contributed by atoms with van der Waals surface area (Å²) in [6.07, 6.45) is 1.41. The number of ether oxygens (including phenoxy) is 2. The average Bonchev–Trinajstić information content (AvgIpc) is 2.10. The van der Waals surface area contributed by atoms with Gasteiger partial charge in [0.25, 0.3) is 0 Å². The molecule has 0 unspecified atom stereocenters. The van der Waals surface area contributed by atoms with Crippen LogP contribution in [0.25, 0.3) is 0 Å². The highest BCUT2D eigenvalue weighted by molar-refractivity contribution is 5.32. The van der Waals surface area contributed by atoms with Gasteiger partial charge in [0.15, 0.2) is 0 Å². The zero-order valence-corrected chi connectivity index (χ0v) is 6.86.